The first-order chi connectivity index (χ1) is 11.1. The van der Waals surface area contributed by atoms with Crippen LogP contribution in [0.15, 0.2) is 34.9 Å². The molecule has 3 rings (SSSR count). The maximum atomic E-state index is 13.0. The molecule has 24 heavy (non-hydrogen) atoms. The standard InChI is InChI=1S/C16H18BrFN4O.ClH/c1-19-12-3-2-8-21(9-12)16(23)15-14(17)10-22(20-15)13-6-4-11(18)5-7-13;/h4-7,10,12,19H,2-3,8-9H2,1H3;1H. The third kappa shape index (κ3) is 3.96. The van der Waals surface area contributed by atoms with Gasteiger partial charge in [0.25, 0.3) is 5.91 Å². The van der Waals surface area contributed by atoms with Crippen LogP contribution in [0.1, 0.15) is 23.3 Å². The molecule has 0 radical (unpaired) electrons. The molecule has 0 saturated carbocycles. The van der Waals surface area contributed by atoms with Crippen molar-refractivity contribution in [2.24, 2.45) is 0 Å². The molecular weight excluding hydrogens is 399 g/mol. The summed E-state index contributed by atoms with van der Waals surface area (Å²) in [4.78, 5) is 14.5. The maximum absolute atomic E-state index is 13.0. The van der Waals surface area contributed by atoms with E-state index in [1.807, 2.05) is 11.9 Å². The number of carbonyl (C=O) groups excluding carboxylic acids is 1. The van der Waals surface area contributed by atoms with Crippen LogP contribution in [0, 0.1) is 5.82 Å². The normalized spacial score (nSPS) is 17.5. The Hall–Kier alpha value is -1.44. The molecule has 0 aliphatic carbocycles. The third-order valence-electron chi connectivity index (χ3n) is 4.08. The average molecular weight is 418 g/mol. The highest BCUT2D eigenvalue weighted by Gasteiger charge is 2.26. The molecule has 1 aliphatic rings. The molecule has 2 aromatic rings. The largest absolute Gasteiger partial charge is 0.336 e. The van der Waals surface area contributed by atoms with Crippen molar-refractivity contribution in [1.82, 2.24) is 20.0 Å². The number of amides is 1. The summed E-state index contributed by atoms with van der Waals surface area (Å²) in [7, 11) is 1.91. The topological polar surface area (TPSA) is 50.2 Å². The molecule has 1 unspecified atom stereocenters. The van der Waals surface area contributed by atoms with E-state index in [1.165, 1.54) is 12.1 Å². The third-order valence-corrected chi connectivity index (χ3v) is 4.66. The number of likely N-dealkylation sites (N-methyl/N-ethyl adjacent to an activating group) is 1. The number of nitrogens with zero attached hydrogens (tertiary/aromatic N) is 3. The van der Waals surface area contributed by atoms with Crippen LogP contribution in [0.4, 0.5) is 4.39 Å². The van der Waals surface area contributed by atoms with Gasteiger partial charge in [0.15, 0.2) is 5.69 Å². The predicted molar refractivity (Wildman–Crippen MR) is 96.5 cm³/mol. The number of halogens is 3. The van der Waals surface area contributed by atoms with Crippen molar-refractivity contribution in [3.63, 3.8) is 0 Å². The van der Waals surface area contributed by atoms with E-state index in [9.17, 15) is 9.18 Å². The van der Waals surface area contributed by atoms with Gasteiger partial charge in [-0.3, -0.25) is 4.79 Å². The van der Waals surface area contributed by atoms with Crippen LogP contribution >= 0.6 is 28.3 Å². The number of likely N-dealkylation sites (tertiary alicyclic amines) is 1. The van der Waals surface area contributed by atoms with Gasteiger partial charge in [-0.1, -0.05) is 0 Å². The molecule has 0 bridgehead atoms. The first-order valence-electron chi connectivity index (χ1n) is 7.56. The molecule has 1 amide bonds. The number of rotatable bonds is 3. The van der Waals surface area contributed by atoms with Crippen molar-refractivity contribution in [1.29, 1.82) is 0 Å². The van der Waals surface area contributed by atoms with Crippen LogP contribution in [-0.4, -0.2) is 46.8 Å². The molecule has 1 fully saturated rings. The average Bonchev–Trinajstić information content (AvgIpc) is 2.96. The van der Waals surface area contributed by atoms with E-state index in [4.69, 9.17) is 0 Å². The summed E-state index contributed by atoms with van der Waals surface area (Å²) in [6, 6.07) is 6.32. The van der Waals surface area contributed by atoms with Gasteiger partial charge in [0.1, 0.15) is 5.82 Å². The number of hydrogen-bond acceptors (Lipinski definition) is 3. The Labute approximate surface area is 154 Å². The fourth-order valence-electron chi connectivity index (χ4n) is 2.77. The van der Waals surface area contributed by atoms with Crippen LogP contribution in [-0.2, 0) is 0 Å². The Balaban J connectivity index is 0.00000208. The number of piperidine rings is 1. The lowest BCUT2D eigenvalue weighted by atomic mass is 10.1. The van der Waals surface area contributed by atoms with E-state index < -0.39 is 0 Å². The Morgan fingerprint density at radius 1 is 1.38 bits per heavy atom. The summed E-state index contributed by atoms with van der Waals surface area (Å²) in [5.41, 5.74) is 1.09. The van der Waals surface area contributed by atoms with Crippen LogP contribution in [0.25, 0.3) is 5.69 Å². The second kappa shape index (κ2) is 8.09. The molecule has 1 aromatic heterocycles. The van der Waals surface area contributed by atoms with E-state index in [1.54, 1.807) is 23.0 Å². The van der Waals surface area contributed by atoms with E-state index in [0.717, 1.165) is 19.4 Å². The van der Waals surface area contributed by atoms with Crippen molar-refractivity contribution in [2.45, 2.75) is 18.9 Å². The van der Waals surface area contributed by atoms with Crippen molar-refractivity contribution in [2.75, 3.05) is 20.1 Å². The summed E-state index contributed by atoms with van der Waals surface area (Å²) < 4.78 is 15.2. The van der Waals surface area contributed by atoms with Gasteiger partial charge in [-0.05, 0) is 60.1 Å². The van der Waals surface area contributed by atoms with Gasteiger partial charge < -0.3 is 10.2 Å². The van der Waals surface area contributed by atoms with Gasteiger partial charge in [0.05, 0.1) is 10.2 Å². The first kappa shape index (κ1) is 18.9. The molecule has 1 N–H and O–H groups in total. The first-order valence-corrected chi connectivity index (χ1v) is 8.35. The van der Waals surface area contributed by atoms with Gasteiger partial charge in [0, 0.05) is 25.3 Å². The molecule has 1 aromatic carbocycles. The van der Waals surface area contributed by atoms with Crippen LogP contribution in [0.3, 0.4) is 0 Å². The lowest BCUT2D eigenvalue weighted by Crippen LogP contribution is -2.47. The molecule has 130 valence electrons. The van der Waals surface area contributed by atoms with Gasteiger partial charge in [-0.25, -0.2) is 9.07 Å². The smallest absolute Gasteiger partial charge is 0.275 e. The zero-order valence-electron chi connectivity index (χ0n) is 13.2. The zero-order chi connectivity index (χ0) is 16.4. The summed E-state index contributed by atoms with van der Waals surface area (Å²) in [6.07, 6.45) is 3.78. The Morgan fingerprint density at radius 3 is 2.75 bits per heavy atom. The van der Waals surface area contributed by atoms with Crippen molar-refractivity contribution < 1.29 is 9.18 Å². The quantitative estimate of drug-likeness (QED) is 0.835. The Bertz CT molecular complexity index is 707. The SMILES string of the molecule is CNC1CCCN(C(=O)c2nn(-c3ccc(F)cc3)cc2Br)C1.Cl. The van der Waals surface area contributed by atoms with Crippen molar-refractivity contribution in [3.05, 3.63) is 46.4 Å². The van der Waals surface area contributed by atoms with Crippen LogP contribution in [0.2, 0.25) is 0 Å². The zero-order valence-corrected chi connectivity index (χ0v) is 15.6. The minimum Gasteiger partial charge on any atom is -0.336 e. The van der Waals surface area contributed by atoms with Crippen molar-refractivity contribution in [3.8, 4) is 5.69 Å². The fourth-order valence-corrected chi connectivity index (χ4v) is 3.21. The monoisotopic (exact) mass is 416 g/mol. The summed E-state index contributed by atoms with van der Waals surface area (Å²) in [6.45, 7) is 1.43. The van der Waals surface area contributed by atoms with Crippen molar-refractivity contribution >= 4 is 34.2 Å². The highest BCUT2D eigenvalue weighted by molar-refractivity contribution is 9.10. The van der Waals surface area contributed by atoms with E-state index in [0.29, 0.717) is 28.4 Å². The van der Waals surface area contributed by atoms with Gasteiger partial charge in [-0.15, -0.1) is 12.4 Å². The Kier molecular flexibility index (Phi) is 6.37. The summed E-state index contributed by atoms with van der Waals surface area (Å²) in [5, 5.41) is 7.60. The molecule has 2 heterocycles. The molecule has 5 nitrogen and oxygen atoms in total. The molecule has 8 heteroatoms. The molecule has 1 aliphatic heterocycles. The lowest BCUT2D eigenvalue weighted by Gasteiger charge is -2.32. The predicted octanol–water partition coefficient (Wildman–Crippen LogP) is 3.02. The second-order valence-electron chi connectivity index (χ2n) is 5.63. The number of hydrogen-bond donors (Lipinski definition) is 1. The number of benzene rings is 1. The summed E-state index contributed by atoms with van der Waals surface area (Å²) in [5.74, 6) is -0.389. The number of aromatic nitrogens is 2. The minimum absolute atomic E-state index is 0. The highest BCUT2D eigenvalue weighted by Crippen LogP contribution is 2.21. The maximum Gasteiger partial charge on any atom is 0.275 e. The minimum atomic E-state index is -0.303. The molecular formula is C16H19BrClFN4O. The highest BCUT2D eigenvalue weighted by atomic mass is 79.9. The molecule has 1 saturated heterocycles. The van der Waals surface area contributed by atoms with Gasteiger partial charge >= 0.3 is 0 Å². The van der Waals surface area contributed by atoms with Gasteiger partial charge in [0.2, 0.25) is 0 Å². The summed E-state index contributed by atoms with van der Waals surface area (Å²) >= 11 is 3.41. The number of carbonyl (C=O) groups is 1. The van der Waals surface area contributed by atoms with Crippen LogP contribution in [0.5, 0.6) is 0 Å². The molecule has 1 atom stereocenters. The number of nitrogens with one attached hydrogen (secondary N) is 1. The second-order valence-corrected chi connectivity index (χ2v) is 6.48. The van der Waals surface area contributed by atoms with E-state index >= 15 is 0 Å². The molecule has 0 spiro atoms. The van der Waals surface area contributed by atoms with Crippen LogP contribution < -0.4 is 5.32 Å². The van der Waals surface area contributed by atoms with E-state index in [-0.39, 0.29) is 24.1 Å². The van der Waals surface area contributed by atoms with E-state index in [2.05, 4.69) is 26.3 Å². The van der Waals surface area contributed by atoms with Gasteiger partial charge in [-0.2, -0.15) is 5.10 Å². The Morgan fingerprint density at radius 2 is 2.08 bits per heavy atom. The fraction of sp³-hybridized carbons (Fsp3) is 0.375. The lowest BCUT2D eigenvalue weighted by molar-refractivity contribution is 0.0691.